The Bertz CT molecular complexity index is 412. The van der Waals surface area contributed by atoms with Gasteiger partial charge in [0.15, 0.2) is 0 Å². The molecule has 94 valence electrons. The normalized spacial score (nSPS) is 20.8. The van der Waals surface area contributed by atoms with E-state index in [9.17, 15) is 4.79 Å². The molecule has 1 unspecified atom stereocenters. The highest BCUT2D eigenvalue weighted by atomic mass is 32.1. The van der Waals surface area contributed by atoms with Crippen molar-refractivity contribution >= 4 is 17.2 Å². The van der Waals surface area contributed by atoms with Gasteiger partial charge >= 0.3 is 0 Å². The number of carbonyl (C=O) groups excluding carboxylic acids is 1. The third-order valence-corrected chi connectivity index (χ3v) is 4.35. The van der Waals surface area contributed by atoms with Crippen molar-refractivity contribution in [3.8, 4) is 0 Å². The molecule has 2 N–H and O–H groups in total. The van der Waals surface area contributed by atoms with Gasteiger partial charge in [0.1, 0.15) is 0 Å². The second-order valence-electron chi connectivity index (χ2n) is 4.97. The predicted octanol–water partition coefficient (Wildman–Crippen LogP) is 1.98. The number of aliphatic hydroxyl groups excluding tert-OH is 1. The Balaban J connectivity index is 2.05. The van der Waals surface area contributed by atoms with Gasteiger partial charge in [0.2, 0.25) is 0 Å². The Morgan fingerprint density at radius 1 is 1.71 bits per heavy atom. The maximum atomic E-state index is 11.8. The second-order valence-corrected chi connectivity index (χ2v) is 6.10. The summed E-state index contributed by atoms with van der Waals surface area (Å²) in [5.74, 6) is 0.670. The minimum atomic E-state index is -0.492. The topological polar surface area (TPSA) is 49.3 Å². The van der Waals surface area contributed by atoms with Gasteiger partial charge in [-0.25, -0.2) is 0 Å². The molecule has 0 spiro atoms. The molecule has 0 aliphatic heterocycles. The average molecular weight is 253 g/mol. The lowest BCUT2D eigenvalue weighted by Crippen LogP contribution is -2.29. The Labute approximate surface area is 106 Å². The van der Waals surface area contributed by atoms with Gasteiger partial charge in [0.05, 0.1) is 11.0 Å². The highest BCUT2D eigenvalue weighted by Crippen LogP contribution is 2.32. The average Bonchev–Trinajstić information content (AvgIpc) is 2.68. The van der Waals surface area contributed by atoms with Gasteiger partial charge in [0.25, 0.3) is 5.91 Å². The van der Waals surface area contributed by atoms with E-state index in [2.05, 4.69) is 12.2 Å². The van der Waals surface area contributed by atoms with Crippen molar-refractivity contribution in [2.75, 3.05) is 6.54 Å². The predicted molar refractivity (Wildman–Crippen MR) is 69.5 cm³/mol. The third-order valence-electron chi connectivity index (χ3n) is 3.11. The molecule has 17 heavy (non-hydrogen) atoms. The van der Waals surface area contributed by atoms with Crippen molar-refractivity contribution in [2.45, 2.75) is 39.2 Å². The van der Waals surface area contributed by atoms with Crippen LogP contribution in [0.15, 0.2) is 6.07 Å². The van der Waals surface area contributed by atoms with Crippen LogP contribution in [0.5, 0.6) is 0 Å². The van der Waals surface area contributed by atoms with Gasteiger partial charge in [-0.15, -0.1) is 11.3 Å². The van der Waals surface area contributed by atoms with E-state index in [-0.39, 0.29) is 5.91 Å². The molecule has 4 heteroatoms. The van der Waals surface area contributed by atoms with Crippen LogP contribution in [0.4, 0.5) is 0 Å². The summed E-state index contributed by atoms with van der Waals surface area (Å²) in [5, 5.41) is 11.9. The number of rotatable bonds is 3. The number of aryl methyl sites for hydroxylation is 1. The van der Waals surface area contributed by atoms with Crippen LogP contribution in [-0.2, 0) is 12.8 Å². The molecule has 0 radical (unpaired) electrons. The lowest BCUT2D eigenvalue weighted by Gasteiger charge is -2.16. The fourth-order valence-electron chi connectivity index (χ4n) is 2.15. The van der Waals surface area contributed by atoms with E-state index in [0.717, 1.165) is 23.6 Å². The minimum absolute atomic E-state index is 0.0575. The van der Waals surface area contributed by atoms with Crippen LogP contribution in [0, 0.1) is 5.92 Å². The lowest BCUT2D eigenvalue weighted by molar-refractivity contribution is 0.0928. The second kappa shape index (κ2) is 5.19. The van der Waals surface area contributed by atoms with Crippen molar-refractivity contribution in [3.63, 3.8) is 0 Å². The van der Waals surface area contributed by atoms with Crippen LogP contribution in [0.2, 0.25) is 0 Å². The summed E-state index contributed by atoms with van der Waals surface area (Å²) >= 11 is 1.60. The zero-order valence-electron chi connectivity index (χ0n) is 10.3. The van der Waals surface area contributed by atoms with Gasteiger partial charge in [0, 0.05) is 11.4 Å². The van der Waals surface area contributed by atoms with Crippen LogP contribution in [-0.4, -0.2) is 23.7 Å². The van der Waals surface area contributed by atoms with Crippen LogP contribution in [0.1, 0.15) is 40.4 Å². The molecule has 1 amide bonds. The number of amides is 1. The molecule has 1 aliphatic rings. The number of hydrogen-bond donors (Lipinski definition) is 2. The smallest absolute Gasteiger partial charge is 0.261 e. The number of carbonyl (C=O) groups is 1. The van der Waals surface area contributed by atoms with E-state index in [1.165, 1.54) is 16.9 Å². The molecule has 0 saturated carbocycles. The molecule has 0 saturated heterocycles. The molecule has 0 bridgehead atoms. The Hall–Kier alpha value is -0.870. The van der Waals surface area contributed by atoms with Crippen molar-refractivity contribution < 1.29 is 9.90 Å². The van der Waals surface area contributed by atoms with E-state index in [1.54, 1.807) is 18.3 Å². The molecule has 1 aromatic rings. The summed E-state index contributed by atoms with van der Waals surface area (Å²) < 4.78 is 0. The lowest BCUT2D eigenvalue weighted by atomic mass is 9.90. The van der Waals surface area contributed by atoms with Gasteiger partial charge in [-0.1, -0.05) is 6.92 Å². The van der Waals surface area contributed by atoms with Crippen LogP contribution in [0.25, 0.3) is 0 Å². The molecule has 1 heterocycles. The molecule has 2 rings (SSSR count). The summed E-state index contributed by atoms with van der Waals surface area (Å²) in [6.07, 6.45) is 2.93. The van der Waals surface area contributed by atoms with Gasteiger partial charge in [-0.05, 0) is 43.7 Å². The van der Waals surface area contributed by atoms with E-state index < -0.39 is 6.10 Å². The highest BCUT2D eigenvalue weighted by Gasteiger charge is 2.20. The van der Waals surface area contributed by atoms with Crippen molar-refractivity contribution in [1.82, 2.24) is 5.32 Å². The summed E-state index contributed by atoms with van der Waals surface area (Å²) in [5.41, 5.74) is 1.34. The SMILES string of the molecule is CC1CCc2sc(C(=O)NC[C@H](C)O)cc2C1. The maximum Gasteiger partial charge on any atom is 0.261 e. The first-order chi connectivity index (χ1) is 8.06. The van der Waals surface area contributed by atoms with E-state index in [1.807, 2.05) is 6.07 Å². The largest absolute Gasteiger partial charge is 0.392 e. The molecule has 0 aromatic carbocycles. The summed E-state index contributed by atoms with van der Waals surface area (Å²) in [7, 11) is 0. The zero-order chi connectivity index (χ0) is 12.4. The van der Waals surface area contributed by atoms with Gasteiger partial charge in [-0.2, -0.15) is 0 Å². The van der Waals surface area contributed by atoms with Crippen LogP contribution < -0.4 is 5.32 Å². The number of fused-ring (bicyclic) bond motifs is 1. The molecule has 1 aromatic heterocycles. The van der Waals surface area contributed by atoms with Gasteiger partial charge in [-0.3, -0.25) is 4.79 Å². The Morgan fingerprint density at radius 3 is 3.18 bits per heavy atom. The van der Waals surface area contributed by atoms with Crippen molar-refractivity contribution in [1.29, 1.82) is 0 Å². The van der Waals surface area contributed by atoms with Crippen molar-refractivity contribution in [3.05, 3.63) is 21.4 Å². The quantitative estimate of drug-likeness (QED) is 0.865. The third kappa shape index (κ3) is 3.07. The van der Waals surface area contributed by atoms with Crippen molar-refractivity contribution in [2.24, 2.45) is 5.92 Å². The minimum Gasteiger partial charge on any atom is -0.392 e. The standard InChI is InChI=1S/C13H19NO2S/c1-8-3-4-11-10(5-8)6-12(17-11)13(16)14-7-9(2)15/h6,8-9,15H,3-5,7H2,1-2H3,(H,14,16)/t8?,9-/m0/s1. The molecular formula is C13H19NO2S. The van der Waals surface area contributed by atoms with E-state index >= 15 is 0 Å². The summed E-state index contributed by atoms with van der Waals surface area (Å²) in [6.45, 7) is 4.24. The van der Waals surface area contributed by atoms with Crippen LogP contribution >= 0.6 is 11.3 Å². The van der Waals surface area contributed by atoms with E-state index in [4.69, 9.17) is 5.11 Å². The first-order valence-electron chi connectivity index (χ1n) is 6.14. The molecular weight excluding hydrogens is 234 g/mol. The monoisotopic (exact) mass is 253 g/mol. The molecule has 0 fully saturated rings. The highest BCUT2D eigenvalue weighted by molar-refractivity contribution is 7.14. The molecule has 1 aliphatic carbocycles. The Morgan fingerprint density at radius 2 is 2.47 bits per heavy atom. The fraction of sp³-hybridized carbons (Fsp3) is 0.615. The fourth-order valence-corrected chi connectivity index (χ4v) is 3.27. The molecule has 3 nitrogen and oxygen atoms in total. The number of nitrogens with one attached hydrogen (secondary N) is 1. The Kier molecular flexibility index (Phi) is 3.84. The molecule has 2 atom stereocenters. The zero-order valence-corrected chi connectivity index (χ0v) is 11.1. The maximum absolute atomic E-state index is 11.8. The van der Waals surface area contributed by atoms with Crippen LogP contribution in [0.3, 0.4) is 0 Å². The number of thiophene rings is 1. The summed E-state index contributed by atoms with van der Waals surface area (Å²) in [4.78, 5) is 14.0. The first-order valence-corrected chi connectivity index (χ1v) is 6.95. The number of hydrogen-bond acceptors (Lipinski definition) is 3. The number of aliphatic hydroxyl groups is 1. The van der Waals surface area contributed by atoms with E-state index in [0.29, 0.717) is 6.54 Å². The van der Waals surface area contributed by atoms with Gasteiger partial charge < -0.3 is 10.4 Å². The summed E-state index contributed by atoms with van der Waals surface area (Å²) in [6, 6.07) is 2.02. The first kappa shape index (κ1) is 12.6.